The third-order valence-electron chi connectivity index (χ3n) is 3.73. The molecule has 1 aromatic heterocycles. The highest BCUT2D eigenvalue weighted by Gasteiger charge is 2.32. The van der Waals surface area contributed by atoms with Gasteiger partial charge in [-0.05, 0) is 41.9 Å². The zero-order valence-electron chi connectivity index (χ0n) is 10.8. The van der Waals surface area contributed by atoms with Gasteiger partial charge >= 0.3 is 0 Å². The van der Waals surface area contributed by atoms with Gasteiger partial charge < -0.3 is 9.69 Å². The van der Waals surface area contributed by atoms with Crippen molar-refractivity contribution in [3.63, 3.8) is 0 Å². The van der Waals surface area contributed by atoms with Gasteiger partial charge in [-0.15, -0.1) is 11.3 Å². The summed E-state index contributed by atoms with van der Waals surface area (Å²) in [7, 11) is 2.12. The van der Waals surface area contributed by atoms with E-state index in [4.69, 9.17) is 0 Å². The van der Waals surface area contributed by atoms with Crippen molar-refractivity contribution in [1.29, 1.82) is 0 Å². The standard InChI is InChI=1S/C14H20BrNOS/c1-16(8-13-7-12(15)9-18-13)10-14(11-17)5-3-2-4-6-14/h7,9,11H,2-6,8,10H2,1H3. The third-order valence-corrected chi connectivity index (χ3v) is 5.41. The van der Waals surface area contributed by atoms with Crippen LogP contribution in [0, 0.1) is 5.41 Å². The third kappa shape index (κ3) is 3.65. The Morgan fingerprint density at radius 3 is 2.72 bits per heavy atom. The number of hydrogen-bond acceptors (Lipinski definition) is 3. The first-order valence-corrected chi connectivity index (χ1v) is 8.19. The van der Waals surface area contributed by atoms with E-state index in [1.807, 2.05) is 0 Å². The number of nitrogens with zero attached hydrogens (tertiary/aromatic N) is 1. The van der Waals surface area contributed by atoms with Crippen LogP contribution < -0.4 is 0 Å². The van der Waals surface area contributed by atoms with Crippen LogP contribution in [0.15, 0.2) is 15.9 Å². The van der Waals surface area contributed by atoms with Crippen LogP contribution >= 0.6 is 27.3 Å². The Kier molecular flexibility index (Phi) is 4.98. The van der Waals surface area contributed by atoms with Crippen LogP contribution in [0.1, 0.15) is 37.0 Å². The molecule has 0 bridgehead atoms. The van der Waals surface area contributed by atoms with Crippen LogP contribution in [-0.2, 0) is 11.3 Å². The van der Waals surface area contributed by atoms with Crippen molar-refractivity contribution in [3.8, 4) is 0 Å². The molecule has 1 saturated carbocycles. The lowest BCUT2D eigenvalue weighted by atomic mass is 9.75. The minimum Gasteiger partial charge on any atom is -0.303 e. The van der Waals surface area contributed by atoms with Gasteiger partial charge in [-0.3, -0.25) is 0 Å². The molecule has 0 aromatic carbocycles. The second-order valence-electron chi connectivity index (χ2n) is 5.44. The normalized spacial score (nSPS) is 19.1. The summed E-state index contributed by atoms with van der Waals surface area (Å²) in [6, 6.07) is 2.16. The minimum atomic E-state index is -0.0819. The monoisotopic (exact) mass is 329 g/mol. The topological polar surface area (TPSA) is 20.3 Å². The summed E-state index contributed by atoms with van der Waals surface area (Å²) >= 11 is 5.25. The molecule has 2 nitrogen and oxygen atoms in total. The van der Waals surface area contributed by atoms with Gasteiger partial charge in [0.15, 0.2) is 0 Å². The number of thiophene rings is 1. The van der Waals surface area contributed by atoms with Gasteiger partial charge in [0, 0.05) is 33.2 Å². The van der Waals surface area contributed by atoms with E-state index in [-0.39, 0.29) is 5.41 Å². The Morgan fingerprint density at radius 2 is 2.17 bits per heavy atom. The first kappa shape index (κ1) is 14.2. The molecule has 0 saturated heterocycles. The fourth-order valence-corrected chi connectivity index (χ4v) is 4.40. The number of hydrogen-bond donors (Lipinski definition) is 0. The van der Waals surface area contributed by atoms with Gasteiger partial charge in [-0.1, -0.05) is 19.3 Å². The van der Waals surface area contributed by atoms with E-state index in [1.54, 1.807) is 11.3 Å². The molecule has 0 aliphatic heterocycles. The smallest absolute Gasteiger partial charge is 0.127 e. The maximum Gasteiger partial charge on any atom is 0.127 e. The SMILES string of the molecule is CN(Cc1cc(Br)cs1)CC1(C=O)CCCCC1. The van der Waals surface area contributed by atoms with Crippen LogP contribution in [-0.4, -0.2) is 24.8 Å². The summed E-state index contributed by atoms with van der Waals surface area (Å²) in [6.45, 7) is 1.83. The maximum absolute atomic E-state index is 11.4. The fraction of sp³-hybridized carbons (Fsp3) is 0.643. The average molecular weight is 330 g/mol. The van der Waals surface area contributed by atoms with Crippen LogP contribution in [0.4, 0.5) is 0 Å². The molecule has 0 atom stereocenters. The zero-order valence-corrected chi connectivity index (χ0v) is 13.2. The summed E-state index contributed by atoms with van der Waals surface area (Å²) in [5, 5.41) is 2.11. The number of carbonyl (C=O) groups excluding carboxylic acids is 1. The first-order chi connectivity index (χ1) is 8.63. The van der Waals surface area contributed by atoms with E-state index < -0.39 is 0 Å². The van der Waals surface area contributed by atoms with E-state index in [9.17, 15) is 4.79 Å². The van der Waals surface area contributed by atoms with Crippen molar-refractivity contribution >= 4 is 33.6 Å². The molecule has 1 fully saturated rings. The molecule has 1 aromatic rings. The average Bonchev–Trinajstić information content (AvgIpc) is 2.75. The second-order valence-corrected chi connectivity index (χ2v) is 7.36. The predicted octanol–water partition coefficient (Wildman–Crippen LogP) is 4.09. The largest absolute Gasteiger partial charge is 0.303 e. The summed E-state index contributed by atoms with van der Waals surface area (Å²) < 4.78 is 1.15. The molecule has 0 amide bonds. The van der Waals surface area contributed by atoms with Crippen LogP contribution in [0.5, 0.6) is 0 Å². The lowest BCUT2D eigenvalue weighted by Gasteiger charge is -2.35. The molecule has 0 N–H and O–H groups in total. The number of halogens is 1. The van der Waals surface area contributed by atoms with Crippen LogP contribution in [0.25, 0.3) is 0 Å². The summed E-state index contributed by atoms with van der Waals surface area (Å²) in [5.74, 6) is 0. The first-order valence-electron chi connectivity index (χ1n) is 6.51. The molecule has 2 rings (SSSR count). The van der Waals surface area contributed by atoms with E-state index in [0.717, 1.165) is 30.4 Å². The minimum absolute atomic E-state index is 0.0819. The van der Waals surface area contributed by atoms with Gasteiger partial charge in [0.05, 0.1) is 0 Å². The Labute approximate surface area is 122 Å². The van der Waals surface area contributed by atoms with E-state index >= 15 is 0 Å². The van der Waals surface area contributed by atoms with Gasteiger partial charge in [-0.2, -0.15) is 0 Å². The van der Waals surface area contributed by atoms with Crippen molar-refractivity contribution in [1.82, 2.24) is 4.90 Å². The molecule has 1 aliphatic carbocycles. The number of aldehydes is 1. The van der Waals surface area contributed by atoms with Crippen molar-refractivity contribution in [2.45, 2.75) is 38.6 Å². The molecule has 18 heavy (non-hydrogen) atoms. The van der Waals surface area contributed by atoms with Gasteiger partial charge in [-0.25, -0.2) is 0 Å². The van der Waals surface area contributed by atoms with E-state index in [2.05, 4.69) is 39.3 Å². The lowest BCUT2D eigenvalue weighted by molar-refractivity contribution is -0.119. The van der Waals surface area contributed by atoms with Crippen molar-refractivity contribution in [2.24, 2.45) is 5.41 Å². The second kappa shape index (κ2) is 6.31. The zero-order chi connectivity index (χ0) is 13.0. The molecule has 1 aliphatic rings. The number of rotatable bonds is 5. The number of carbonyl (C=O) groups is 1. The summed E-state index contributed by atoms with van der Waals surface area (Å²) in [5.41, 5.74) is -0.0819. The fourth-order valence-electron chi connectivity index (χ4n) is 2.87. The Hall–Kier alpha value is -0.190. The molecular formula is C14H20BrNOS. The quantitative estimate of drug-likeness (QED) is 0.758. The van der Waals surface area contributed by atoms with Crippen LogP contribution in [0.2, 0.25) is 0 Å². The molecule has 1 heterocycles. The highest BCUT2D eigenvalue weighted by atomic mass is 79.9. The summed E-state index contributed by atoms with van der Waals surface area (Å²) in [6.07, 6.45) is 7.04. The molecule has 4 heteroatoms. The van der Waals surface area contributed by atoms with Gasteiger partial charge in [0.2, 0.25) is 0 Å². The molecule has 0 spiro atoms. The molecule has 0 unspecified atom stereocenters. The highest BCUT2D eigenvalue weighted by Crippen LogP contribution is 2.35. The van der Waals surface area contributed by atoms with Gasteiger partial charge in [0.25, 0.3) is 0 Å². The van der Waals surface area contributed by atoms with Crippen molar-refractivity contribution < 1.29 is 4.79 Å². The van der Waals surface area contributed by atoms with Crippen molar-refractivity contribution in [2.75, 3.05) is 13.6 Å². The maximum atomic E-state index is 11.4. The summed E-state index contributed by atoms with van der Waals surface area (Å²) in [4.78, 5) is 15.1. The predicted molar refractivity (Wildman–Crippen MR) is 79.9 cm³/mol. The Morgan fingerprint density at radius 1 is 1.44 bits per heavy atom. The van der Waals surface area contributed by atoms with Crippen molar-refractivity contribution in [3.05, 3.63) is 20.8 Å². The van der Waals surface area contributed by atoms with Crippen LogP contribution in [0.3, 0.4) is 0 Å². The van der Waals surface area contributed by atoms with Gasteiger partial charge in [0.1, 0.15) is 6.29 Å². The Bertz CT molecular complexity index is 398. The Balaban J connectivity index is 1.92. The molecule has 100 valence electrons. The molecular weight excluding hydrogens is 310 g/mol. The lowest BCUT2D eigenvalue weighted by Crippen LogP contribution is -2.38. The van der Waals surface area contributed by atoms with E-state index in [1.165, 1.54) is 30.4 Å². The molecule has 0 radical (unpaired) electrons. The van der Waals surface area contributed by atoms with E-state index in [0.29, 0.717) is 0 Å². The highest BCUT2D eigenvalue weighted by molar-refractivity contribution is 9.10.